The van der Waals surface area contributed by atoms with Crippen LogP contribution in [0.4, 0.5) is 5.69 Å². The summed E-state index contributed by atoms with van der Waals surface area (Å²) in [5, 5.41) is 1.43. The van der Waals surface area contributed by atoms with Gasteiger partial charge in [-0.05, 0) is 43.5 Å². The van der Waals surface area contributed by atoms with Crippen molar-refractivity contribution in [2.24, 2.45) is 0 Å². The summed E-state index contributed by atoms with van der Waals surface area (Å²) in [5.41, 5.74) is 7.91. The number of carbonyl (C=O) groups is 1. The van der Waals surface area contributed by atoms with Gasteiger partial charge in [-0.25, -0.2) is 5.06 Å². The molecule has 1 aliphatic heterocycles. The van der Waals surface area contributed by atoms with Gasteiger partial charge in [-0.3, -0.25) is 9.63 Å². The van der Waals surface area contributed by atoms with Crippen LogP contribution in [0.25, 0.3) is 0 Å². The standard InChI is InChI=1S/C12H16N2O2/c1-9-6-10(8-11(13)7-9)12(15)14-4-2-3-5-16-14/h6-8H,2-5,13H2,1H3. The Kier molecular flexibility index (Phi) is 3.10. The Morgan fingerprint density at radius 3 is 2.81 bits per heavy atom. The van der Waals surface area contributed by atoms with Crippen LogP contribution in [0.5, 0.6) is 0 Å². The maximum atomic E-state index is 12.0. The van der Waals surface area contributed by atoms with Gasteiger partial charge in [0.2, 0.25) is 0 Å². The van der Waals surface area contributed by atoms with Crippen LogP contribution in [0.2, 0.25) is 0 Å². The van der Waals surface area contributed by atoms with Gasteiger partial charge in [0.15, 0.2) is 0 Å². The molecular weight excluding hydrogens is 204 g/mol. The number of anilines is 1. The van der Waals surface area contributed by atoms with E-state index in [2.05, 4.69) is 0 Å². The first-order chi connectivity index (χ1) is 7.66. The first kappa shape index (κ1) is 11.0. The van der Waals surface area contributed by atoms with Gasteiger partial charge in [-0.1, -0.05) is 0 Å². The summed E-state index contributed by atoms with van der Waals surface area (Å²) in [5.74, 6) is -0.102. The molecule has 0 unspecified atom stereocenters. The van der Waals surface area contributed by atoms with Gasteiger partial charge in [0.05, 0.1) is 6.61 Å². The van der Waals surface area contributed by atoms with Crippen molar-refractivity contribution < 1.29 is 9.63 Å². The molecule has 86 valence electrons. The van der Waals surface area contributed by atoms with E-state index in [1.807, 2.05) is 19.1 Å². The van der Waals surface area contributed by atoms with Gasteiger partial charge in [0.1, 0.15) is 0 Å². The molecule has 2 N–H and O–H groups in total. The monoisotopic (exact) mass is 220 g/mol. The predicted molar refractivity (Wildman–Crippen MR) is 61.8 cm³/mol. The van der Waals surface area contributed by atoms with Crippen molar-refractivity contribution in [3.05, 3.63) is 29.3 Å². The third kappa shape index (κ3) is 2.33. The Balaban J connectivity index is 2.19. The van der Waals surface area contributed by atoms with Crippen molar-refractivity contribution in [2.45, 2.75) is 19.8 Å². The second-order valence-electron chi connectivity index (χ2n) is 4.08. The topological polar surface area (TPSA) is 55.6 Å². The zero-order valence-electron chi connectivity index (χ0n) is 9.40. The minimum absolute atomic E-state index is 0.102. The molecule has 0 bridgehead atoms. The van der Waals surface area contributed by atoms with E-state index in [9.17, 15) is 4.79 Å². The second kappa shape index (κ2) is 4.53. The number of rotatable bonds is 1. The third-order valence-corrected chi connectivity index (χ3v) is 2.58. The van der Waals surface area contributed by atoms with Crippen LogP contribution >= 0.6 is 0 Å². The molecule has 1 aromatic rings. The lowest BCUT2D eigenvalue weighted by Crippen LogP contribution is -2.35. The van der Waals surface area contributed by atoms with Crippen LogP contribution in [-0.4, -0.2) is 24.1 Å². The van der Waals surface area contributed by atoms with Gasteiger partial charge in [0.25, 0.3) is 5.91 Å². The first-order valence-electron chi connectivity index (χ1n) is 5.49. The molecule has 1 amide bonds. The minimum atomic E-state index is -0.102. The molecule has 0 spiro atoms. The molecular formula is C12H16N2O2. The highest BCUT2D eigenvalue weighted by Crippen LogP contribution is 2.16. The average molecular weight is 220 g/mol. The van der Waals surface area contributed by atoms with Gasteiger partial charge in [0, 0.05) is 17.8 Å². The largest absolute Gasteiger partial charge is 0.399 e. The molecule has 1 saturated heterocycles. The molecule has 0 saturated carbocycles. The maximum Gasteiger partial charge on any atom is 0.277 e. The Morgan fingerprint density at radius 1 is 1.38 bits per heavy atom. The van der Waals surface area contributed by atoms with E-state index in [1.165, 1.54) is 5.06 Å². The molecule has 4 nitrogen and oxygen atoms in total. The highest BCUT2D eigenvalue weighted by atomic mass is 16.7. The minimum Gasteiger partial charge on any atom is -0.399 e. The molecule has 1 aliphatic rings. The van der Waals surface area contributed by atoms with Crippen molar-refractivity contribution in [3.8, 4) is 0 Å². The van der Waals surface area contributed by atoms with Crippen molar-refractivity contribution in [1.82, 2.24) is 5.06 Å². The Hall–Kier alpha value is -1.55. The zero-order valence-corrected chi connectivity index (χ0v) is 9.40. The number of carbonyl (C=O) groups excluding carboxylic acids is 1. The van der Waals surface area contributed by atoms with Crippen molar-refractivity contribution in [1.29, 1.82) is 0 Å². The maximum absolute atomic E-state index is 12.0. The van der Waals surface area contributed by atoms with Gasteiger partial charge >= 0.3 is 0 Å². The van der Waals surface area contributed by atoms with Crippen LogP contribution in [0.3, 0.4) is 0 Å². The SMILES string of the molecule is Cc1cc(N)cc(C(=O)N2CCCCO2)c1. The average Bonchev–Trinajstić information content (AvgIpc) is 2.28. The number of aryl methyl sites for hydroxylation is 1. The fraction of sp³-hybridized carbons (Fsp3) is 0.417. The van der Waals surface area contributed by atoms with Gasteiger partial charge in [-0.2, -0.15) is 0 Å². The Bertz CT molecular complexity index is 378. The molecule has 16 heavy (non-hydrogen) atoms. The molecule has 0 aromatic heterocycles. The summed E-state index contributed by atoms with van der Waals surface area (Å²) in [7, 11) is 0. The first-order valence-corrected chi connectivity index (χ1v) is 5.49. The fourth-order valence-corrected chi connectivity index (χ4v) is 1.84. The smallest absolute Gasteiger partial charge is 0.277 e. The van der Waals surface area contributed by atoms with E-state index in [4.69, 9.17) is 10.6 Å². The molecule has 4 heteroatoms. The van der Waals surface area contributed by atoms with E-state index in [0.29, 0.717) is 24.4 Å². The highest BCUT2D eigenvalue weighted by molar-refractivity contribution is 5.94. The highest BCUT2D eigenvalue weighted by Gasteiger charge is 2.19. The number of amides is 1. The van der Waals surface area contributed by atoms with E-state index in [-0.39, 0.29) is 5.91 Å². The van der Waals surface area contributed by atoms with E-state index < -0.39 is 0 Å². The summed E-state index contributed by atoms with van der Waals surface area (Å²) >= 11 is 0. The third-order valence-electron chi connectivity index (χ3n) is 2.58. The van der Waals surface area contributed by atoms with Crippen LogP contribution in [0.15, 0.2) is 18.2 Å². The number of nitrogens with zero attached hydrogens (tertiary/aromatic N) is 1. The van der Waals surface area contributed by atoms with Crippen molar-refractivity contribution in [2.75, 3.05) is 18.9 Å². The fourth-order valence-electron chi connectivity index (χ4n) is 1.84. The van der Waals surface area contributed by atoms with E-state index in [1.54, 1.807) is 6.07 Å². The van der Waals surface area contributed by atoms with Crippen LogP contribution in [-0.2, 0) is 4.84 Å². The van der Waals surface area contributed by atoms with Crippen LogP contribution in [0.1, 0.15) is 28.8 Å². The quantitative estimate of drug-likeness (QED) is 0.733. The molecule has 2 rings (SSSR count). The Morgan fingerprint density at radius 2 is 2.19 bits per heavy atom. The summed E-state index contributed by atoms with van der Waals surface area (Å²) in [6.07, 6.45) is 2.01. The molecule has 0 radical (unpaired) electrons. The number of nitrogen functional groups attached to an aromatic ring is 1. The van der Waals surface area contributed by atoms with Crippen LogP contribution in [0, 0.1) is 6.92 Å². The number of hydrogen-bond acceptors (Lipinski definition) is 3. The van der Waals surface area contributed by atoms with Crippen molar-refractivity contribution >= 4 is 11.6 Å². The molecule has 1 aromatic carbocycles. The van der Waals surface area contributed by atoms with E-state index in [0.717, 1.165) is 18.4 Å². The van der Waals surface area contributed by atoms with Gasteiger partial charge in [-0.15, -0.1) is 0 Å². The van der Waals surface area contributed by atoms with Crippen LogP contribution < -0.4 is 5.73 Å². The second-order valence-corrected chi connectivity index (χ2v) is 4.08. The molecule has 0 atom stereocenters. The molecule has 1 heterocycles. The summed E-state index contributed by atoms with van der Waals surface area (Å²) in [6, 6.07) is 5.36. The lowest BCUT2D eigenvalue weighted by molar-refractivity contribution is -0.144. The summed E-state index contributed by atoms with van der Waals surface area (Å²) in [6.45, 7) is 3.20. The van der Waals surface area contributed by atoms with E-state index >= 15 is 0 Å². The number of hydrogen-bond donors (Lipinski definition) is 1. The zero-order chi connectivity index (χ0) is 11.5. The van der Waals surface area contributed by atoms with Crippen molar-refractivity contribution in [3.63, 3.8) is 0 Å². The lowest BCUT2D eigenvalue weighted by atomic mass is 10.1. The number of hydroxylamine groups is 2. The predicted octanol–water partition coefficient (Wildman–Crippen LogP) is 1.74. The summed E-state index contributed by atoms with van der Waals surface area (Å²) < 4.78 is 0. The Labute approximate surface area is 94.9 Å². The number of nitrogens with two attached hydrogens (primary N) is 1. The number of benzene rings is 1. The normalized spacial score (nSPS) is 16.2. The summed E-state index contributed by atoms with van der Waals surface area (Å²) in [4.78, 5) is 17.4. The lowest BCUT2D eigenvalue weighted by Gasteiger charge is -2.26. The van der Waals surface area contributed by atoms with Gasteiger partial charge < -0.3 is 5.73 Å². The molecule has 0 aliphatic carbocycles. The molecule has 1 fully saturated rings.